The highest BCUT2D eigenvalue weighted by Gasteiger charge is 2.42. The van der Waals surface area contributed by atoms with Crippen LogP contribution in [0.5, 0.6) is 0 Å². The summed E-state index contributed by atoms with van der Waals surface area (Å²) in [4.78, 5) is 25.6. The highest BCUT2D eigenvalue weighted by molar-refractivity contribution is 5.82. The Morgan fingerprint density at radius 3 is 2.71 bits per heavy atom. The number of likely N-dealkylation sites (tertiary alicyclic amines) is 1. The monoisotopic (exact) mass is 239 g/mol. The summed E-state index contributed by atoms with van der Waals surface area (Å²) in [7, 11) is 0. The third-order valence-electron chi connectivity index (χ3n) is 3.78. The van der Waals surface area contributed by atoms with E-state index in [0.29, 0.717) is 19.1 Å². The lowest BCUT2D eigenvalue weighted by Gasteiger charge is -2.31. The number of carbonyl (C=O) groups excluding carboxylic acids is 2. The SMILES string of the molecule is CCOC(=O)C1CCCN(C(=O)C2CC2C)C1. The van der Waals surface area contributed by atoms with Gasteiger partial charge in [0.25, 0.3) is 0 Å². The zero-order chi connectivity index (χ0) is 12.4. The van der Waals surface area contributed by atoms with Crippen LogP contribution in [0.15, 0.2) is 0 Å². The van der Waals surface area contributed by atoms with E-state index in [-0.39, 0.29) is 23.7 Å². The summed E-state index contributed by atoms with van der Waals surface area (Å²) >= 11 is 0. The molecule has 2 fully saturated rings. The summed E-state index contributed by atoms with van der Waals surface area (Å²) in [6.07, 6.45) is 2.78. The molecule has 3 unspecified atom stereocenters. The van der Waals surface area contributed by atoms with Gasteiger partial charge in [-0.1, -0.05) is 6.92 Å². The highest BCUT2D eigenvalue weighted by Crippen LogP contribution is 2.39. The second-order valence-electron chi connectivity index (χ2n) is 5.19. The lowest BCUT2D eigenvalue weighted by molar-refractivity contribution is -0.151. The molecule has 0 aromatic carbocycles. The molecule has 1 aliphatic heterocycles. The van der Waals surface area contributed by atoms with Crippen molar-refractivity contribution in [3.05, 3.63) is 0 Å². The molecule has 96 valence electrons. The van der Waals surface area contributed by atoms with Crippen LogP contribution in [-0.4, -0.2) is 36.5 Å². The molecule has 1 amide bonds. The quantitative estimate of drug-likeness (QED) is 0.700. The van der Waals surface area contributed by atoms with Crippen molar-refractivity contribution in [2.75, 3.05) is 19.7 Å². The molecule has 0 N–H and O–H groups in total. The van der Waals surface area contributed by atoms with Crippen LogP contribution in [-0.2, 0) is 14.3 Å². The summed E-state index contributed by atoms with van der Waals surface area (Å²) in [5.41, 5.74) is 0. The summed E-state index contributed by atoms with van der Waals surface area (Å²) < 4.78 is 5.03. The molecule has 4 nitrogen and oxygen atoms in total. The Morgan fingerprint density at radius 2 is 2.12 bits per heavy atom. The number of carbonyl (C=O) groups is 2. The van der Waals surface area contributed by atoms with E-state index in [9.17, 15) is 9.59 Å². The topological polar surface area (TPSA) is 46.6 Å². The van der Waals surface area contributed by atoms with Gasteiger partial charge in [0.2, 0.25) is 5.91 Å². The Labute approximate surface area is 102 Å². The average Bonchev–Trinajstić information content (AvgIpc) is 3.06. The lowest BCUT2D eigenvalue weighted by atomic mass is 9.98. The minimum absolute atomic E-state index is 0.110. The van der Waals surface area contributed by atoms with Crippen molar-refractivity contribution < 1.29 is 14.3 Å². The summed E-state index contributed by atoms with van der Waals surface area (Å²) in [5.74, 6) is 0.739. The van der Waals surface area contributed by atoms with Gasteiger partial charge in [-0.3, -0.25) is 9.59 Å². The third kappa shape index (κ3) is 2.79. The minimum atomic E-state index is -0.145. The molecule has 1 saturated heterocycles. The molecule has 1 aliphatic carbocycles. The summed E-state index contributed by atoms with van der Waals surface area (Å²) in [5, 5.41) is 0. The molecular formula is C13H21NO3. The molecule has 1 heterocycles. The van der Waals surface area contributed by atoms with Gasteiger partial charge in [0.15, 0.2) is 0 Å². The molecule has 0 aromatic heterocycles. The maximum absolute atomic E-state index is 12.1. The first-order chi connectivity index (χ1) is 8.13. The van der Waals surface area contributed by atoms with Crippen molar-refractivity contribution >= 4 is 11.9 Å². The number of ether oxygens (including phenoxy) is 1. The van der Waals surface area contributed by atoms with Gasteiger partial charge >= 0.3 is 5.97 Å². The van der Waals surface area contributed by atoms with Crippen LogP contribution in [0.4, 0.5) is 0 Å². The van der Waals surface area contributed by atoms with Gasteiger partial charge < -0.3 is 9.64 Å². The fourth-order valence-corrected chi connectivity index (χ4v) is 2.53. The number of rotatable bonds is 3. The first-order valence-electron chi connectivity index (χ1n) is 6.59. The minimum Gasteiger partial charge on any atom is -0.466 e. The third-order valence-corrected chi connectivity index (χ3v) is 3.78. The number of hydrogen-bond donors (Lipinski definition) is 0. The molecule has 4 heteroatoms. The normalized spacial score (nSPS) is 32.1. The van der Waals surface area contributed by atoms with Crippen LogP contribution in [0, 0.1) is 17.8 Å². The lowest BCUT2D eigenvalue weighted by Crippen LogP contribution is -2.43. The first-order valence-corrected chi connectivity index (χ1v) is 6.59. The van der Waals surface area contributed by atoms with Crippen molar-refractivity contribution in [2.24, 2.45) is 17.8 Å². The van der Waals surface area contributed by atoms with Crippen LogP contribution < -0.4 is 0 Å². The summed E-state index contributed by atoms with van der Waals surface area (Å²) in [6, 6.07) is 0. The molecule has 1 saturated carbocycles. The van der Waals surface area contributed by atoms with Gasteiger partial charge in [-0.25, -0.2) is 0 Å². The first kappa shape index (κ1) is 12.4. The molecular weight excluding hydrogens is 218 g/mol. The Kier molecular flexibility index (Phi) is 3.69. The number of piperidine rings is 1. The number of esters is 1. The van der Waals surface area contributed by atoms with E-state index in [1.807, 2.05) is 11.8 Å². The van der Waals surface area contributed by atoms with Gasteiger partial charge in [-0.05, 0) is 32.1 Å². The van der Waals surface area contributed by atoms with Crippen molar-refractivity contribution in [1.82, 2.24) is 4.90 Å². The Hall–Kier alpha value is -1.06. The Morgan fingerprint density at radius 1 is 1.41 bits per heavy atom. The zero-order valence-corrected chi connectivity index (χ0v) is 10.6. The molecule has 0 bridgehead atoms. The van der Waals surface area contributed by atoms with Crippen LogP contribution >= 0.6 is 0 Å². The zero-order valence-electron chi connectivity index (χ0n) is 10.6. The largest absolute Gasteiger partial charge is 0.466 e. The second-order valence-corrected chi connectivity index (χ2v) is 5.19. The van der Waals surface area contributed by atoms with Gasteiger partial charge in [0.1, 0.15) is 0 Å². The molecule has 2 rings (SSSR count). The number of amides is 1. The van der Waals surface area contributed by atoms with Gasteiger partial charge in [-0.15, -0.1) is 0 Å². The van der Waals surface area contributed by atoms with Crippen molar-refractivity contribution in [3.8, 4) is 0 Å². The van der Waals surface area contributed by atoms with Gasteiger partial charge in [0, 0.05) is 19.0 Å². The van der Waals surface area contributed by atoms with Crippen molar-refractivity contribution in [3.63, 3.8) is 0 Å². The van der Waals surface area contributed by atoms with Gasteiger partial charge in [0.05, 0.1) is 12.5 Å². The second kappa shape index (κ2) is 5.07. The molecule has 3 atom stereocenters. The molecule has 0 radical (unpaired) electrons. The predicted molar refractivity (Wildman–Crippen MR) is 63.2 cm³/mol. The fraction of sp³-hybridized carbons (Fsp3) is 0.846. The van der Waals surface area contributed by atoms with Gasteiger partial charge in [-0.2, -0.15) is 0 Å². The van der Waals surface area contributed by atoms with Crippen molar-refractivity contribution in [2.45, 2.75) is 33.1 Å². The van der Waals surface area contributed by atoms with E-state index < -0.39 is 0 Å². The Balaban J connectivity index is 1.88. The van der Waals surface area contributed by atoms with E-state index in [0.717, 1.165) is 25.8 Å². The smallest absolute Gasteiger partial charge is 0.310 e. The highest BCUT2D eigenvalue weighted by atomic mass is 16.5. The van der Waals surface area contributed by atoms with Crippen LogP contribution in [0.3, 0.4) is 0 Å². The molecule has 17 heavy (non-hydrogen) atoms. The van der Waals surface area contributed by atoms with E-state index in [4.69, 9.17) is 4.74 Å². The van der Waals surface area contributed by atoms with Crippen LogP contribution in [0.1, 0.15) is 33.1 Å². The molecule has 2 aliphatic rings. The van der Waals surface area contributed by atoms with E-state index in [1.165, 1.54) is 0 Å². The summed E-state index contributed by atoms with van der Waals surface area (Å²) in [6.45, 7) is 5.70. The number of nitrogens with zero attached hydrogens (tertiary/aromatic N) is 1. The van der Waals surface area contributed by atoms with E-state index >= 15 is 0 Å². The van der Waals surface area contributed by atoms with Crippen molar-refractivity contribution in [1.29, 1.82) is 0 Å². The standard InChI is InChI=1S/C13H21NO3/c1-3-17-13(16)10-5-4-6-14(8-10)12(15)11-7-9(11)2/h9-11H,3-8H2,1-2H3. The fourth-order valence-electron chi connectivity index (χ4n) is 2.53. The van der Waals surface area contributed by atoms with E-state index in [2.05, 4.69) is 6.92 Å². The molecule has 0 aromatic rings. The number of hydrogen-bond acceptors (Lipinski definition) is 3. The van der Waals surface area contributed by atoms with Crippen LogP contribution in [0.2, 0.25) is 0 Å². The maximum Gasteiger partial charge on any atom is 0.310 e. The Bertz CT molecular complexity index is 316. The molecule has 0 spiro atoms. The average molecular weight is 239 g/mol. The van der Waals surface area contributed by atoms with E-state index in [1.54, 1.807) is 0 Å². The predicted octanol–water partition coefficient (Wildman–Crippen LogP) is 1.44. The van der Waals surface area contributed by atoms with Crippen LogP contribution in [0.25, 0.3) is 0 Å². The maximum atomic E-state index is 12.1.